The van der Waals surface area contributed by atoms with Crippen LogP contribution in [0.3, 0.4) is 0 Å². The molecule has 0 spiro atoms. The first-order valence-electron chi connectivity index (χ1n) is 6.92. The molecule has 0 aliphatic carbocycles. The molecule has 0 aliphatic heterocycles. The van der Waals surface area contributed by atoms with Gasteiger partial charge in [-0.3, -0.25) is 9.59 Å². The third-order valence-electron chi connectivity index (χ3n) is 3.50. The van der Waals surface area contributed by atoms with Crippen LogP contribution in [0.15, 0.2) is 53.5 Å². The normalized spacial score (nSPS) is 10.7. The predicted molar refractivity (Wildman–Crippen MR) is 88.9 cm³/mol. The van der Waals surface area contributed by atoms with Crippen LogP contribution < -0.4 is 10.7 Å². The summed E-state index contributed by atoms with van der Waals surface area (Å²) in [5, 5.41) is 13.3. The number of halogens is 1. The van der Waals surface area contributed by atoms with Gasteiger partial charge in [0, 0.05) is 17.8 Å². The van der Waals surface area contributed by atoms with E-state index in [0.717, 1.165) is 5.56 Å². The van der Waals surface area contributed by atoms with Gasteiger partial charge in [-0.05, 0) is 29.8 Å². The minimum absolute atomic E-state index is 0.00272. The Labute approximate surface area is 136 Å². The minimum Gasteiger partial charge on any atom is -0.506 e. The number of aromatic hydroxyl groups is 1. The Morgan fingerprint density at radius 3 is 2.65 bits per heavy atom. The highest BCUT2D eigenvalue weighted by atomic mass is 35.5. The molecule has 0 radical (unpaired) electrons. The third kappa shape index (κ3) is 3.05. The lowest BCUT2D eigenvalue weighted by Crippen LogP contribution is -2.28. The molecule has 3 rings (SSSR count). The quantitative estimate of drug-likeness (QED) is 0.691. The van der Waals surface area contributed by atoms with Crippen LogP contribution in [-0.4, -0.2) is 16.0 Å². The van der Waals surface area contributed by atoms with Crippen molar-refractivity contribution in [2.75, 3.05) is 0 Å². The van der Waals surface area contributed by atoms with Gasteiger partial charge in [-0.25, -0.2) is 0 Å². The van der Waals surface area contributed by atoms with E-state index in [1.54, 1.807) is 36.4 Å². The number of carbonyl (C=O) groups is 1. The summed E-state index contributed by atoms with van der Waals surface area (Å²) in [5.41, 5.74) is 0.754. The van der Waals surface area contributed by atoms with Gasteiger partial charge in [0.15, 0.2) is 0 Å². The fourth-order valence-corrected chi connectivity index (χ4v) is 2.41. The monoisotopic (exact) mass is 328 g/mol. The van der Waals surface area contributed by atoms with Crippen LogP contribution in [0, 0.1) is 0 Å². The number of amides is 1. The van der Waals surface area contributed by atoms with Gasteiger partial charge in [-0.15, -0.1) is 0 Å². The van der Waals surface area contributed by atoms with Crippen molar-refractivity contribution in [1.29, 1.82) is 0 Å². The number of benzene rings is 2. The summed E-state index contributed by atoms with van der Waals surface area (Å²) in [7, 11) is 0. The predicted octanol–water partition coefficient (Wildman–Crippen LogP) is 2.82. The zero-order valence-electron chi connectivity index (χ0n) is 12.0. The number of para-hydroxylation sites is 1. The van der Waals surface area contributed by atoms with Gasteiger partial charge in [-0.2, -0.15) is 0 Å². The van der Waals surface area contributed by atoms with E-state index in [0.29, 0.717) is 10.5 Å². The number of hydrogen-bond acceptors (Lipinski definition) is 3. The lowest BCUT2D eigenvalue weighted by Gasteiger charge is -2.07. The van der Waals surface area contributed by atoms with Crippen LogP contribution in [0.2, 0.25) is 5.02 Å². The van der Waals surface area contributed by atoms with E-state index in [1.807, 2.05) is 0 Å². The Balaban J connectivity index is 1.85. The van der Waals surface area contributed by atoms with Crippen molar-refractivity contribution in [3.8, 4) is 5.75 Å². The number of H-pyrrole nitrogens is 1. The average molecular weight is 329 g/mol. The van der Waals surface area contributed by atoms with Crippen molar-refractivity contribution in [1.82, 2.24) is 10.3 Å². The number of aromatic amines is 1. The molecule has 0 aliphatic rings. The van der Waals surface area contributed by atoms with Crippen LogP contribution in [-0.2, 0) is 6.54 Å². The fourth-order valence-electron chi connectivity index (χ4n) is 2.28. The summed E-state index contributed by atoms with van der Waals surface area (Å²) < 4.78 is 0. The number of rotatable bonds is 3. The molecule has 6 heteroatoms. The molecule has 0 atom stereocenters. The first-order valence-corrected chi connectivity index (χ1v) is 7.30. The van der Waals surface area contributed by atoms with Crippen LogP contribution in [0.4, 0.5) is 0 Å². The smallest absolute Gasteiger partial charge is 0.257 e. The molecule has 116 valence electrons. The molecule has 3 aromatic rings. The number of phenols is 1. The standard InChI is InChI=1S/C17H13ClN2O3/c18-11-6-4-10(5-7-11)8-20-17(23)13-9-19-15-12(16(13)22)2-1-3-14(15)21/h1-7,9,21H,8H2,(H,19,22)(H,20,23). The second-order valence-electron chi connectivity index (χ2n) is 5.04. The van der Waals surface area contributed by atoms with Gasteiger partial charge in [0.1, 0.15) is 11.3 Å². The summed E-state index contributed by atoms with van der Waals surface area (Å²) in [6.45, 7) is 0.285. The average Bonchev–Trinajstić information content (AvgIpc) is 2.55. The molecule has 0 saturated carbocycles. The summed E-state index contributed by atoms with van der Waals surface area (Å²) in [6, 6.07) is 11.6. The Bertz CT molecular complexity index is 933. The molecule has 0 bridgehead atoms. The van der Waals surface area contributed by atoms with Crippen LogP contribution >= 0.6 is 11.6 Å². The summed E-state index contributed by atoms with van der Waals surface area (Å²) in [5.74, 6) is -0.515. The lowest BCUT2D eigenvalue weighted by atomic mass is 10.1. The maximum Gasteiger partial charge on any atom is 0.257 e. The summed E-state index contributed by atoms with van der Waals surface area (Å²) in [6.07, 6.45) is 1.31. The zero-order chi connectivity index (χ0) is 16.4. The largest absolute Gasteiger partial charge is 0.506 e. The number of pyridine rings is 1. The third-order valence-corrected chi connectivity index (χ3v) is 3.76. The molecule has 0 unspecified atom stereocenters. The van der Waals surface area contributed by atoms with Crippen LogP contribution in [0.25, 0.3) is 10.9 Å². The van der Waals surface area contributed by atoms with Gasteiger partial charge in [0.25, 0.3) is 5.91 Å². The highest BCUT2D eigenvalue weighted by Crippen LogP contribution is 2.19. The van der Waals surface area contributed by atoms with Crippen molar-refractivity contribution in [3.05, 3.63) is 75.0 Å². The Morgan fingerprint density at radius 1 is 1.17 bits per heavy atom. The molecule has 1 aromatic heterocycles. The molecule has 1 amide bonds. The number of aromatic nitrogens is 1. The Morgan fingerprint density at radius 2 is 1.91 bits per heavy atom. The minimum atomic E-state index is -0.480. The number of phenolic OH excluding ortho intramolecular Hbond substituents is 1. The zero-order valence-corrected chi connectivity index (χ0v) is 12.7. The van der Waals surface area contributed by atoms with Gasteiger partial charge < -0.3 is 15.4 Å². The molecular formula is C17H13ClN2O3. The van der Waals surface area contributed by atoms with Crippen LogP contribution in [0.1, 0.15) is 15.9 Å². The molecule has 1 heterocycles. The van der Waals surface area contributed by atoms with E-state index in [4.69, 9.17) is 11.6 Å². The van der Waals surface area contributed by atoms with E-state index < -0.39 is 11.3 Å². The van der Waals surface area contributed by atoms with E-state index >= 15 is 0 Å². The fraction of sp³-hybridized carbons (Fsp3) is 0.0588. The maximum atomic E-state index is 12.4. The second-order valence-corrected chi connectivity index (χ2v) is 5.48. The second kappa shape index (κ2) is 6.14. The first kappa shape index (κ1) is 15.1. The molecule has 0 saturated heterocycles. The maximum absolute atomic E-state index is 12.4. The lowest BCUT2D eigenvalue weighted by molar-refractivity contribution is 0.0949. The SMILES string of the molecule is O=C(NCc1ccc(Cl)cc1)c1c[nH]c2c(O)cccc2c1=O. The highest BCUT2D eigenvalue weighted by molar-refractivity contribution is 6.30. The van der Waals surface area contributed by atoms with Gasteiger partial charge >= 0.3 is 0 Å². The van der Waals surface area contributed by atoms with Crippen molar-refractivity contribution >= 4 is 28.4 Å². The van der Waals surface area contributed by atoms with Gasteiger partial charge in [0.2, 0.25) is 5.43 Å². The number of fused-ring (bicyclic) bond motifs is 1. The van der Waals surface area contributed by atoms with E-state index in [2.05, 4.69) is 10.3 Å². The highest BCUT2D eigenvalue weighted by Gasteiger charge is 2.13. The molecule has 23 heavy (non-hydrogen) atoms. The molecule has 0 fully saturated rings. The van der Waals surface area contributed by atoms with Gasteiger partial charge in [0.05, 0.1) is 10.9 Å². The molecule has 3 N–H and O–H groups in total. The number of nitrogens with one attached hydrogen (secondary N) is 2. The summed E-state index contributed by atoms with van der Waals surface area (Å²) >= 11 is 5.81. The summed E-state index contributed by atoms with van der Waals surface area (Å²) in [4.78, 5) is 27.4. The molecule has 5 nitrogen and oxygen atoms in total. The van der Waals surface area contributed by atoms with E-state index in [1.165, 1.54) is 12.3 Å². The topological polar surface area (TPSA) is 82.2 Å². The van der Waals surface area contributed by atoms with Crippen molar-refractivity contribution < 1.29 is 9.90 Å². The molecule has 2 aromatic carbocycles. The Hall–Kier alpha value is -2.79. The van der Waals surface area contributed by atoms with E-state index in [9.17, 15) is 14.7 Å². The van der Waals surface area contributed by atoms with Gasteiger partial charge in [-0.1, -0.05) is 29.8 Å². The number of hydrogen-bond donors (Lipinski definition) is 3. The van der Waals surface area contributed by atoms with E-state index in [-0.39, 0.29) is 23.2 Å². The van der Waals surface area contributed by atoms with Crippen molar-refractivity contribution in [3.63, 3.8) is 0 Å². The molecular weight excluding hydrogens is 316 g/mol. The van der Waals surface area contributed by atoms with Crippen molar-refractivity contribution in [2.45, 2.75) is 6.54 Å². The Kier molecular flexibility index (Phi) is 4.04. The van der Waals surface area contributed by atoms with Crippen LogP contribution in [0.5, 0.6) is 5.75 Å². The van der Waals surface area contributed by atoms with Crippen molar-refractivity contribution in [2.24, 2.45) is 0 Å². The first-order chi connectivity index (χ1) is 11.1. The number of carbonyl (C=O) groups excluding carboxylic acids is 1.